The van der Waals surface area contributed by atoms with E-state index in [9.17, 15) is 9.18 Å². The first kappa shape index (κ1) is 15.9. The standard InChI is InChI=1S/C14H19FN2O.ClH/c1-9-5-6-11(8-12(9)15)10(2)17-14(18)13-4-3-7-16-13;/h5-6,8,10,13,16H,3-4,7H2,1-2H3,(H,17,18);1H/t10?,13-;/m0./s1. The second-order valence-electron chi connectivity index (χ2n) is 4.89. The Morgan fingerprint density at radius 2 is 2.26 bits per heavy atom. The van der Waals surface area contributed by atoms with Crippen molar-refractivity contribution in [1.29, 1.82) is 0 Å². The third-order valence-electron chi connectivity index (χ3n) is 3.43. The molecule has 3 nitrogen and oxygen atoms in total. The van der Waals surface area contributed by atoms with Gasteiger partial charge in [0.2, 0.25) is 5.91 Å². The second kappa shape index (κ2) is 6.87. The summed E-state index contributed by atoms with van der Waals surface area (Å²) >= 11 is 0. The quantitative estimate of drug-likeness (QED) is 0.896. The lowest BCUT2D eigenvalue weighted by Gasteiger charge is -2.18. The first-order valence-electron chi connectivity index (χ1n) is 6.37. The van der Waals surface area contributed by atoms with Crippen LogP contribution < -0.4 is 10.6 Å². The molecule has 1 aliphatic rings. The summed E-state index contributed by atoms with van der Waals surface area (Å²) in [4.78, 5) is 11.9. The van der Waals surface area contributed by atoms with E-state index in [0.717, 1.165) is 24.9 Å². The van der Waals surface area contributed by atoms with E-state index in [4.69, 9.17) is 0 Å². The third-order valence-corrected chi connectivity index (χ3v) is 3.43. The van der Waals surface area contributed by atoms with E-state index in [1.165, 1.54) is 6.07 Å². The van der Waals surface area contributed by atoms with E-state index in [-0.39, 0.29) is 36.2 Å². The Labute approximate surface area is 119 Å². The first-order valence-corrected chi connectivity index (χ1v) is 6.37. The molecule has 0 bridgehead atoms. The molecule has 1 aromatic rings. The Kier molecular flexibility index (Phi) is 5.76. The number of rotatable bonds is 3. The van der Waals surface area contributed by atoms with Crippen LogP contribution >= 0.6 is 12.4 Å². The van der Waals surface area contributed by atoms with E-state index in [1.807, 2.05) is 13.0 Å². The smallest absolute Gasteiger partial charge is 0.237 e. The van der Waals surface area contributed by atoms with Gasteiger partial charge >= 0.3 is 0 Å². The molecule has 1 heterocycles. The highest BCUT2D eigenvalue weighted by molar-refractivity contribution is 5.85. The van der Waals surface area contributed by atoms with Gasteiger partial charge in [0, 0.05) is 0 Å². The van der Waals surface area contributed by atoms with Crippen LogP contribution in [-0.2, 0) is 4.79 Å². The summed E-state index contributed by atoms with van der Waals surface area (Å²) in [6.07, 6.45) is 1.91. The second-order valence-corrected chi connectivity index (χ2v) is 4.89. The number of hydrogen-bond acceptors (Lipinski definition) is 2. The zero-order chi connectivity index (χ0) is 13.1. The highest BCUT2D eigenvalue weighted by Gasteiger charge is 2.23. The lowest BCUT2D eigenvalue weighted by Crippen LogP contribution is -2.41. The molecule has 2 atom stereocenters. The monoisotopic (exact) mass is 286 g/mol. The average Bonchev–Trinajstić information content (AvgIpc) is 2.86. The van der Waals surface area contributed by atoms with Crippen LogP contribution in [0.4, 0.5) is 4.39 Å². The van der Waals surface area contributed by atoms with Gasteiger partial charge in [0.05, 0.1) is 12.1 Å². The van der Waals surface area contributed by atoms with Gasteiger partial charge in [0.1, 0.15) is 5.82 Å². The van der Waals surface area contributed by atoms with Crippen LogP contribution in [0, 0.1) is 12.7 Å². The summed E-state index contributed by atoms with van der Waals surface area (Å²) < 4.78 is 13.5. The summed E-state index contributed by atoms with van der Waals surface area (Å²) in [5.41, 5.74) is 1.42. The minimum atomic E-state index is -0.229. The van der Waals surface area contributed by atoms with Crippen molar-refractivity contribution >= 4 is 18.3 Å². The molecule has 1 fully saturated rings. The fourth-order valence-electron chi connectivity index (χ4n) is 2.18. The summed E-state index contributed by atoms with van der Waals surface area (Å²) in [7, 11) is 0. The Hall–Kier alpha value is -1.13. The number of carbonyl (C=O) groups is 1. The minimum Gasteiger partial charge on any atom is -0.348 e. The lowest BCUT2D eigenvalue weighted by atomic mass is 10.1. The molecule has 5 heteroatoms. The van der Waals surface area contributed by atoms with E-state index < -0.39 is 0 Å². The number of nitrogens with one attached hydrogen (secondary N) is 2. The van der Waals surface area contributed by atoms with Gasteiger partial charge in [-0.05, 0) is 50.4 Å². The molecule has 1 aliphatic heterocycles. The molecule has 0 spiro atoms. The van der Waals surface area contributed by atoms with Crippen LogP contribution in [0.15, 0.2) is 18.2 Å². The molecule has 1 amide bonds. The number of amides is 1. The molecule has 106 valence electrons. The number of hydrogen-bond donors (Lipinski definition) is 2. The molecule has 2 rings (SSSR count). The normalized spacial score (nSPS) is 19.6. The number of aryl methyl sites for hydroxylation is 1. The average molecular weight is 287 g/mol. The van der Waals surface area contributed by atoms with Gasteiger partial charge in [0.15, 0.2) is 0 Å². The van der Waals surface area contributed by atoms with E-state index in [2.05, 4.69) is 10.6 Å². The fraction of sp³-hybridized carbons (Fsp3) is 0.500. The predicted octanol–water partition coefficient (Wildman–Crippen LogP) is 2.49. The van der Waals surface area contributed by atoms with E-state index >= 15 is 0 Å². The fourth-order valence-corrected chi connectivity index (χ4v) is 2.18. The number of halogens is 2. The Bertz CT molecular complexity index is 447. The maximum Gasteiger partial charge on any atom is 0.237 e. The van der Waals surface area contributed by atoms with E-state index in [0.29, 0.717) is 5.56 Å². The van der Waals surface area contributed by atoms with Gasteiger partial charge in [-0.1, -0.05) is 12.1 Å². The topological polar surface area (TPSA) is 41.1 Å². The van der Waals surface area contributed by atoms with Crippen LogP contribution in [0.1, 0.15) is 36.9 Å². The van der Waals surface area contributed by atoms with Gasteiger partial charge in [-0.3, -0.25) is 4.79 Å². The predicted molar refractivity (Wildman–Crippen MR) is 76.0 cm³/mol. The Balaban J connectivity index is 0.00000180. The molecule has 2 N–H and O–H groups in total. The van der Waals surface area contributed by atoms with Gasteiger partial charge in [-0.2, -0.15) is 0 Å². The maximum absolute atomic E-state index is 13.5. The summed E-state index contributed by atoms with van der Waals surface area (Å²) in [6, 6.07) is 4.81. The summed E-state index contributed by atoms with van der Waals surface area (Å²) in [5.74, 6) is -0.228. The van der Waals surface area contributed by atoms with Crippen molar-refractivity contribution in [2.45, 2.75) is 38.8 Å². The molecular formula is C14H20ClFN2O. The summed E-state index contributed by atoms with van der Waals surface area (Å²) in [5, 5.41) is 6.06. The lowest BCUT2D eigenvalue weighted by molar-refractivity contribution is -0.123. The molecule has 19 heavy (non-hydrogen) atoms. The van der Waals surface area contributed by atoms with Crippen LogP contribution in [0.25, 0.3) is 0 Å². The van der Waals surface area contributed by atoms with Gasteiger partial charge in [-0.15, -0.1) is 12.4 Å². The zero-order valence-corrected chi connectivity index (χ0v) is 12.0. The summed E-state index contributed by atoms with van der Waals surface area (Å²) in [6.45, 7) is 4.49. The van der Waals surface area contributed by atoms with Gasteiger partial charge in [-0.25, -0.2) is 4.39 Å². The van der Waals surface area contributed by atoms with Crippen molar-refractivity contribution in [1.82, 2.24) is 10.6 Å². The molecular weight excluding hydrogens is 267 g/mol. The first-order chi connectivity index (χ1) is 8.58. The van der Waals surface area contributed by atoms with Crippen molar-refractivity contribution in [2.24, 2.45) is 0 Å². The molecule has 0 saturated carbocycles. The van der Waals surface area contributed by atoms with Crippen molar-refractivity contribution in [2.75, 3.05) is 6.54 Å². The van der Waals surface area contributed by atoms with E-state index in [1.54, 1.807) is 13.0 Å². The maximum atomic E-state index is 13.5. The zero-order valence-electron chi connectivity index (χ0n) is 11.2. The largest absolute Gasteiger partial charge is 0.348 e. The Morgan fingerprint density at radius 3 is 2.84 bits per heavy atom. The van der Waals surface area contributed by atoms with Crippen LogP contribution in [0.2, 0.25) is 0 Å². The number of benzene rings is 1. The molecule has 1 unspecified atom stereocenters. The van der Waals surface area contributed by atoms with Gasteiger partial charge < -0.3 is 10.6 Å². The Morgan fingerprint density at radius 1 is 1.53 bits per heavy atom. The van der Waals surface area contributed by atoms with Crippen LogP contribution in [0.3, 0.4) is 0 Å². The van der Waals surface area contributed by atoms with Gasteiger partial charge in [0.25, 0.3) is 0 Å². The van der Waals surface area contributed by atoms with Crippen molar-refractivity contribution in [3.05, 3.63) is 35.1 Å². The molecule has 0 aromatic heterocycles. The molecule has 1 aromatic carbocycles. The van der Waals surface area contributed by atoms with Crippen LogP contribution in [-0.4, -0.2) is 18.5 Å². The highest BCUT2D eigenvalue weighted by atomic mass is 35.5. The minimum absolute atomic E-state index is 0. The van der Waals surface area contributed by atoms with Crippen molar-refractivity contribution < 1.29 is 9.18 Å². The molecule has 0 aliphatic carbocycles. The third kappa shape index (κ3) is 3.91. The van der Waals surface area contributed by atoms with Crippen molar-refractivity contribution in [3.8, 4) is 0 Å². The number of carbonyl (C=O) groups excluding carboxylic acids is 1. The SMILES string of the molecule is Cc1ccc(C(C)NC(=O)[C@@H]2CCCN2)cc1F.Cl. The highest BCUT2D eigenvalue weighted by Crippen LogP contribution is 2.17. The van der Waals surface area contributed by atoms with Crippen LogP contribution in [0.5, 0.6) is 0 Å². The van der Waals surface area contributed by atoms with Crippen molar-refractivity contribution in [3.63, 3.8) is 0 Å². The molecule has 1 saturated heterocycles. The molecule has 0 radical (unpaired) electrons.